The van der Waals surface area contributed by atoms with Crippen molar-refractivity contribution in [3.05, 3.63) is 95.3 Å². The first kappa shape index (κ1) is 17.7. The van der Waals surface area contributed by atoms with Crippen molar-refractivity contribution in [3.8, 4) is 0 Å². The number of carbonyl (C=O) groups is 2. The van der Waals surface area contributed by atoms with Crippen LogP contribution in [0.5, 0.6) is 0 Å². The van der Waals surface area contributed by atoms with E-state index < -0.39 is 5.82 Å². The molecule has 0 saturated carbocycles. The standard InChI is InChI=1S/C22H18FN3O2/c23-18-6-3-7-20(12-18)24-21(27)15-8-10-19(11-9-15)25-22(28)26-13-16-4-1-2-5-17(16)14-26/h1-12H,13-14H2,(H,24,27)(H,25,28). The van der Waals surface area contributed by atoms with Crippen molar-refractivity contribution in [2.24, 2.45) is 0 Å². The van der Waals surface area contributed by atoms with E-state index in [1.165, 1.54) is 18.2 Å². The monoisotopic (exact) mass is 375 g/mol. The third-order valence-electron chi connectivity index (χ3n) is 4.61. The van der Waals surface area contributed by atoms with Crippen LogP contribution in [-0.4, -0.2) is 16.8 Å². The Kier molecular flexibility index (Phi) is 4.76. The molecule has 1 heterocycles. The number of benzene rings is 3. The van der Waals surface area contributed by atoms with Gasteiger partial charge in [-0.05, 0) is 53.6 Å². The van der Waals surface area contributed by atoms with E-state index in [2.05, 4.69) is 10.6 Å². The number of halogens is 1. The average Bonchev–Trinajstić information content (AvgIpc) is 3.13. The zero-order valence-electron chi connectivity index (χ0n) is 15.0. The highest BCUT2D eigenvalue weighted by atomic mass is 19.1. The SMILES string of the molecule is O=C(Nc1cccc(F)c1)c1ccc(NC(=O)N2Cc3ccccc3C2)cc1. The molecular formula is C22H18FN3O2. The van der Waals surface area contributed by atoms with Gasteiger partial charge in [-0.2, -0.15) is 0 Å². The van der Waals surface area contributed by atoms with Gasteiger partial charge in [-0.1, -0.05) is 30.3 Å². The molecule has 2 N–H and O–H groups in total. The number of anilines is 2. The van der Waals surface area contributed by atoms with E-state index >= 15 is 0 Å². The van der Waals surface area contributed by atoms with E-state index in [0.29, 0.717) is 30.0 Å². The molecule has 0 saturated heterocycles. The zero-order chi connectivity index (χ0) is 19.5. The molecule has 5 nitrogen and oxygen atoms in total. The van der Waals surface area contributed by atoms with Gasteiger partial charge in [0.05, 0.1) is 0 Å². The maximum atomic E-state index is 13.2. The Bertz CT molecular complexity index is 1010. The second kappa shape index (κ2) is 7.52. The Hall–Kier alpha value is -3.67. The lowest BCUT2D eigenvalue weighted by Crippen LogP contribution is -2.30. The maximum absolute atomic E-state index is 13.2. The molecule has 28 heavy (non-hydrogen) atoms. The lowest BCUT2D eigenvalue weighted by molar-refractivity contribution is 0.102. The third-order valence-corrected chi connectivity index (χ3v) is 4.61. The minimum absolute atomic E-state index is 0.187. The normalized spacial score (nSPS) is 12.4. The highest BCUT2D eigenvalue weighted by molar-refractivity contribution is 6.04. The van der Waals surface area contributed by atoms with Gasteiger partial charge in [0.2, 0.25) is 0 Å². The van der Waals surface area contributed by atoms with Gasteiger partial charge in [0, 0.05) is 30.0 Å². The first-order valence-corrected chi connectivity index (χ1v) is 8.88. The summed E-state index contributed by atoms with van der Waals surface area (Å²) in [4.78, 5) is 26.5. The molecule has 3 aromatic rings. The summed E-state index contributed by atoms with van der Waals surface area (Å²) >= 11 is 0. The van der Waals surface area contributed by atoms with Gasteiger partial charge < -0.3 is 15.5 Å². The van der Waals surface area contributed by atoms with Gasteiger partial charge in [0.25, 0.3) is 5.91 Å². The minimum atomic E-state index is -0.417. The van der Waals surface area contributed by atoms with Gasteiger partial charge in [-0.25, -0.2) is 9.18 Å². The van der Waals surface area contributed by atoms with Crippen molar-refractivity contribution in [1.82, 2.24) is 4.90 Å². The fourth-order valence-corrected chi connectivity index (χ4v) is 3.15. The van der Waals surface area contributed by atoms with E-state index in [0.717, 1.165) is 11.1 Å². The summed E-state index contributed by atoms with van der Waals surface area (Å²) in [7, 11) is 0. The molecule has 1 aliphatic heterocycles. The Morgan fingerprint density at radius 3 is 2.11 bits per heavy atom. The van der Waals surface area contributed by atoms with Gasteiger partial charge in [-0.15, -0.1) is 0 Å². The molecule has 1 aliphatic rings. The smallest absolute Gasteiger partial charge is 0.322 e. The van der Waals surface area contributed by atoms with Crippen LogP contribution in [-0.2, 0) is 13.1 Å². The molecule has 0 aromatic heterocycles. The minimum Gasteiger partial charge on any atom is -0.322 e. The van der Waals surface area contributed by atoms with Crippen molar-refractivity contribution in [2.75, 3.05) is 10.6 Å². The number of fused-ring (bicyclic) bond motifs is 1. The molecule has 4 rings (SSSR count). The molecule has 140 valence electrons. The third kappa shape index (κ3) is 3.86. The molecule has 0 unspecified atom stereocenters. The highest BCUT2D eigenvalue weighted by Crippen LogP contribution is 2.23. The predicted octanol–water partition coefficient (Wildman–Crippen LogP) is 4.63. The number of carbonyl (C=O) groups excluding carboxylic acids is 2. The Morgan fingerprint density at radius 2 is 1.46 bits per heavy atom. The fraction of sp³-hybridized carbons (Fsp3) is 0.0909. The quantitative estimate of drug-likeness (QED) is 0.701. The Balaban J connectivity index is 1.37. The van der Waals surface area contributed by atoms with E-state index in [1.54, 1.807) is 35.2 Å². The van der Waals surface area contributed by atoms with Crippen LogP contribution in [0.3, 0.4) is 0 Å². The van der Waals surface area contributed by atoms with E-state index in [1.807, 2.05) is 24.3 Å². The molecular weight excluding hydrogens is 357 g/mol. The number of amides is 3. The number of nitrogens with zero attached hydrogens (tertiary/aromatic N) is 1. The van der Waals surface area contributed by atoms with Crippen LogP contribution in [0.4, 0.5) is 20.6 Å². The summed E-state index contributed by atoms with van der Waals surface area (Å²) in [6, 6.07) is 20.1. The van der Waals surface area contributed by atoms with Crippen LogP contribution in [0.25, 0.3) is 0 Å². The summed E-state index contributed by atoms with van der Waals surface area (Å²) in [5.41, 5.74) is 3.71. The fourth-order valence-electron chi connectivity index (χ4n) is 3.15. The second-order valence-electron chi connectivity index (χ2n) is 6.60. The summed E-state index contributed by atoms with van der Waals surface area (Å²) < 4.78 is 13.2. The molecule has 0 fully saturated rings. The number of urea groups is 1. The predicted molar refractivity (Wildman–Crippen MR) is 106 cm³/mol. The zero-order valence-corrected chi connectivity index (χ0v) is 15.0. The number of hydrogen-bond donors (Lipinski definition) is 2. The first-order valence-electron chi connectivity index (χ1n) is 8.88. The van der Waals surface area contributed by atoms with Gasteiger partial charge >= 0.3 is 6.03 Å². The van der Waals surface area contributed by atoms with Gasteiger partial charge in [0.1, 0.15) is 5.82 Å². The molecule has 0 radical (unpaired) electrons. The molecule has 0 aliphatic carbocycles. The average molecular weight is 375 g/mol. The van der Waals surface area contributed by atoms with Crippen molar-refractivity contribution < 1.29 is 14.0 Å². The van der Waals surface area contributed by atoms with Gasteiger partial charge in [0.15, 0.2) is 0 Å². The molecule has 6 heteroatoms. The number of rotatable bonds is 3. The van der Waals surface area contributed by atoms with E-state index in [-0.39, 0.29) is 11.9 Å². The summed E-state index contributed by atoms with van der Waals surface area (Å²) in [5, 5.41) is 5.49. The van der Waals surface area contributed by atoms with Crippen LogP contribution in [0.15, 0.2) is 72.8 Å². The molecule has 0 atom stereocenters. The van der Waals surface area contributed by atoms with Crippen LogP contribution < -0.4 is 10.6 Å². The summed E-state index contributed by atoms with van der Waals surface area (Å²) in [6.45, 7) is 1.16. The Morgan fingerprint density at radius 1 is 0.786 bits per heavy atom. The van der Waals surface area contributed by atoms with Crippen LogP contribution in [0.1, 0.15) is 21.5 Å². The molecule has 3 amide bonds. The number of hydrogen-bond acceptors (Lipinski definition) is 2. The van der Waals surface area contributed by atoms with E-state index in [4.69, 9.17) is 0 Å². The molecule has 3 aromatic carbocycles. The van der Waals surface area contributed by atoms with Crippen molar-refractivity contribution in [1.29, 1.82) is 0 Å². The second-order valence-corrected chi connectivity index (χ2v) is 6.60. The largest absolute Gasteiger partial charge is 0.322 e. The van der Waals surface area contributed by atoms with Crippen molar-refractivity contribution >= 4 is 23.3 Å². The molecule has 0 spiro atoms. The lowest BCUT2D eigenvalue weighted by Gasteiger charge is -2.16. The van der Waals surface area contributed by atoms with E-state index in [9.17, 15) is 14.0 Å². The topological polar surface area (TPSA) is 61.4 Å². The van der Waals surface area contributed by atoms with Crippen molar-refractivity contribution in [3.63, 3.8) is 0 Å². The Labute approximate surface area is 161 Å². The van der Waals surface area contributed by atoms with Crippen molar-refractivity contribution in [2.45, 2.75) is 13.1 Å². The molecule has 0 bridgehead atoms. The summed E-state index contributed by atoms with van der Waals surface area (Å²) in [5.74, 6) is -0.765. The summed E-state index contributed by atoms with van der Waals surface area (Å²) in [6.07, 6.45) is 0. The van der Waals surface area contributed by atoms with Crippen LogP contribution >= 0.6 is 0 Å². The van der Waals surface area contributed by atoms with Gasteiger partial charge in [-0.3, -0.25) is 4.79 Å². The maximum Gasteiger partial charge on any atom is 0.322 e. The highest BCUT2D eigenvalue weighted by Gasteiger charge is 2.22. The first-order chi connectivity index (χ1) is 13.6. The lowest BCUT2D eigenvalue weighted by atomic mass is 10.1. The van der Waals surface area contributed by atoms with Crippen LogP contribution in [0, 0.1) is 5.82 Å². The number of nitrogens with one attached hydrogen (secondary N) is 2. The van der Waals surface area contributed by atoms with Crippen LogP contribution in [0.2, 0.25) is 0 Å².